The number of hydrogen-bond donors (Lipinski definition) is 2. The average molecular weight is 281 g/mol. The fraction of sp³-hybridized carbons (Fsp3) is 0.231. The van der Waals surface area contributed by atoms with Gasteiger partial charge in [0.15, 0.2) is 0 Å². The quantitative estimate of drug-likeness (QED) is 0.896. The Labute approximate surface area is 115 Å². The fourth-order valence-corrected chi connectivity index (χ4v) is 1.92. The number of oxazole rings is 1. The van der Waals surface area contributed by atoms with Crippen molar-refractivity contribution in [3.63, 3.8) is 0 Å². The number of rotatable bonds is 4. The predicted molar refractivity (Wildman–Crippen MR) is 71.7 cm³/mol. The molecule has 100 valence electrons. The summed E-state index contributed by atoms with van der Waals surface area (Å²) in [5.41, 5.74) is 0.783. The average Bonchev–Trinajstić information content (AvgIpc) is 2.75. The zero-order chi connectivity index (χ0) is 14.0. The third kappa shape index (κ3) is 3.06. The van der Waals surface area contributed by atoms with Gasteiger partial charge in [-0.05, 0) is 32.0 Å². The zero-order valence-corrected chi connectivity index (χ0v) is 11.2. The molecule has 2 rings (SSSR count). The minimum atomic E-state index is -1.05. The number of carboxylic acid groups (broad SMARTS) is 1. The van der Waals surface area contributed by atoms with Crippen LogP contribution in [0, 0.1) is 6.92 Å². The van der Waals surface area contributed by atoms with E-state index < -0.39 is 5.97 Å². The first-order valence-electron chi connectivity index (χ1n) is 5.69. The van der Waals surface area contributed by atoms with Crippen LogP contribution >= 0.6 is 11.6 Å². The van der Waals surface area contributed by atoms with E-state index in [9.17, 15) is 4.79 Å². The van der Waals surface area contributed by atoms with Gasteiger partial charge in [0.05, 0.1) is 16.8 Å². The second-order valence-electron chi connectivity index (χ2n) is 4.17. The number of nitrogens with zero attached hydrogens (tertiary/aromatic N) is 1. The van der Waals surface area contributed by atoms with Gasteiger partial charge in [0.1, 0.15) is 11.8 Å². The molecule has 2 aromatic rings. The van der Waals surface area contributed by atoms with Crippen molar-refractivity contribution in [1.82, 2.24) is 4.98 Å². The van der Waals surface area contributed by atoms with Gasteiger partial charge >= 0.3 is 5.97 Å². The Balaban J connectivity index is 2.15. The molecule has 0 fully saturated rings. The number of halogens is 1. The smallest absolute Gasteiger partial charge is 0.337 e. The molecule has 0 bridgehead atoms. The molecule has 0 amide bonds. The van der Waals surface area contributed by atoms with Crippen molar-refractivity contribution in [2.75, 3.05) is 5.32 Å². The molecule has 1 aromatic carbocycles. The minimum Gasteiger partial charge on any atom is -0.478 e. The van der Waals surface area contributed by atoms with Gasteiger partial charge < -0.3 is 14.8 Å². The van der Waals surface area contributed by atoms with Gasteiger partial charge in [0, 0.05) is 5.69 Å². The van der Waals surface area contributed by atoms with Crippen LogP contribution in [-0.4, -0.2) is 16.1 Å². The molecule has 6 heteroatoms. The van der Waals surface area contributed by atoms with Gasteiger partial charge in [0.2, 0.25) is 5.89 Å². The summed E-state index contributed by atoms with van der Waals surface area (Å²) >= 11 is 5.90. The molecule has 0 radical (unpaired) electrons. The Morgan fingerprint density at radius 2 is 2.26 bits per heavy atom. The number of aromatic carboxylic acids is 1. The molecule has 1 unspecified atom stereocenters. The lowest BCUT2D eigenvalue weighted by atomic mass is 10.2. The summed E-state index contributed by atoms with van der Waals surface area (Å²) in [6.07, 6.45) is 1.65. The SMILES string of the molecule is Cc1cnc(C(C)Nc2ccc(C(=O)O)c(Cl)c2)o1. The fourth-order valence-electron chi connectivity index (χ4n) is 1.66. The van der Waals surface area contributed by atoms with Crippen molar-refractivity contribution < 1.29 is 14.3 Å². The van der Waals surface area contributed by atoms with E-state index in [1.54, 1.807) is 18.3 Å². The van der Waals surface area contributed by atoms with Crippen molar-refractivity contribution >= 4 is 23.3 Å². The lowest BCUT2D eigenvalue weighted by Gasteiger charge is -2.12. The monoisotopic (exact) mass is 280 g/mol. The van der Waals surface area contributed by atoms with E-state index in [0.29, 0.717) is 11.6 Å². The minimum absolute atomic E-state index is 0.0758. The van der Waals surface area contributed by atoms with Crippen molar-refractivity contribution in [3.05, 3.63) is 46.6 Å². The standard InChI is InChI=1S/C13H13ClN2O3/c1-7-6-15-12(19-7)8(2)16-9-3-4-10(13(17)18)11(14)5-9/h3-6,8,16H,1-2H3,(H,17,18). The van der Waals surface area contributed by atoms with Crippen LogP contribution in [0.25, 0.3) is 0 Å². The van der Waals surface area contributed by atoms with Gasteiger partial charge in [-0.15, -0.1) is 0 Å². The van der Waals surface area contributed by atoms with Crippen LogP contribution in [0.4, 0.5) is 5.69 Å². The first-order valence-corrected chi connectivity index (χ1v) is 6.07. The van der Waals surface area contributed by atoms with Crippen molar-refractivity contribution in [1.29, 1.82) is 0 Å². The van der Waals surface area contributed by atoms with Gasteiger partial charge in [-0.1, -0.05) is 11.6 Å². The maximum Gasteiger partial charge on any atom is 0.337 e. The number of aromatic nitrogens is 1. The second-order valence-corrected chi connectivity index (χ2v) is 4.58. The summed E-state index contributed by atoms with van der Waals surface area (Å²) in [5, 5.41) is 12.2. The Morgan fingerprint density at radius 1 is 1.53 bits per heavy atom. The van der Waals surface area contributed by atoms with Crippen LogP contribution < -0.4 is 5.32 Å². The number of carboxylic acids is 1. The number of aryl methyl sites for hydroxylation is 1. The Bertz CT molecular complexity index is 610. The highest BCUT2D eigenvalue weighted by atomic mass is 35.5. The lowest BCUT2D eigenvalue weighted by Crippen LogP contribution is -2.07. The van der Waals surface area contributed by atoms with Crippen molar-refractivity contribution in [2.45, 2.75) is 19.9 Å². The van der Waals surface area contributed by atoms with Crippen LogP contribution in [0.3, 0.4) is 0 Å². The van der Waals surface area contributed by atoms with Crippen LogP contribution in [0.5, 0.6) is 0 Å². The predicted octanol–water partition coefficient (Wildman–Crippen LogP) is 3.51. The first kappa shape index (κ1) is 13.4. The molecule has 5 nitrogen and oxygen atoms in total. The first-order chi connectivity index (χ1) is 8.97. The highest BCUT2D eigenvalue weighted by Crippen LogP contribution is 2.24. The molecular weight excluding hydrogens is 268 g/mol. The topological polar surface area (TPSA) is 75.4 Å². The highest BCUT2D eigenvalue weighted by Gasteiger charge is 2.13. The number of anilines is 1. The maximum atomic E-state index is 10.8. The summed E-state index contributed by atoms with van der Waals surface area (Å²) < 4.78 is 5.41. The van der Waals surface area contributed by atoms with E-state index in [1.807, 2.05) is 13.8 Å². The van der Waals surface area contributed by atoms with E-state index in [-0.39, 0.29) is 16.6 Å². The van der Waals surface area contributed by atoms with Crippen LogP contribution in [0.2, 0.25) is 5.02 Å². The molecule has 0 aliphatic heterocycles. The molecule has 1 aromatic heterocycles. The molecule has 1 atom stereocenters. The van der Waals surface area contributed by atoms with E-state index in [1.165, 1.54) is 6.07 Å². The molecule has 0 saturated carbocycles. The summed E-state index contributed by atoms with van der Waals surface area (Å²) in [4.78, 5) is 15.0. The van der Waals surface area contributed by atoms with E-state index >= 15 is 0 Å². The molecule has 0 spiro atoms. The maximum absolute atomic E-state index is 10.8. The molecule has 0 aliphatic rings. The summed E-state index contributed by atoms with van der Waals surface area (Å²) in [7, 11) is 0. The molecule has 19 heavy (non-hydrogen) atoms. The molecule has 0 saturated heterocycles. The number of benzene rings is 1. The summed E-state index contributed by atoms with van der Waals surface area (Å²) in [6.45, 7) is 3.71. The lowest BCUT2D eigenvalue weighted by molar-refractivity contribution is 0.0697. The number of hydrogen-bond acceptors (Lipinski definition) is 4. The van der Waals surface area contributed by atoms with Crippen LogP contribution in [0.1, 0.15) is 35.0 Å². The van der Waals surface area contributed by atoms with Crippen LogP contribution in [0.15, 0.2) is 28.8 Å². The van der Waals surface area contributed by atoms with Gasteiger partial charge in [0.25, 0.3) is 0 Å². The normalized spacial score (nSPS) is 12.2. The van der Waals surface area contributed by atoms with E-state index in [0.717, 1.165) is 5.76 Å². The van der Waals surface area contributed by atoms with Crippen molar-refractivity contribution in [3.8, 4) is 0 Å². The summed E-state index contributed by atoms with van der Waals surface area (Å²) in [6, 6.07) is 4.54. The third-order valence-electron chi connectivity index (χ3n) is 2.59. The Kier molecular flexibility index (Phi) is 3.76. The highest BCUT2D eigenvalue weighted by molar-refractivity contribution is 6.33. The third-order valence-corrected chi connectivity index (χ3v) is 2.90. The van der Waals surface area contributed by atoms with E-state index in [2.05, 4.69) is 10.3 Å². The summed E-state index contributed by atoms with van der Waals surface area (Å²) in [5.74, 6) is 0.256. The number of nitrogens with one attached hydrogen (secondary N) is 1. The largest absolute Gasteiger partial charge is 0.478 e. The molecule has 1 heterocycles. The van der Waals surface area contributed by atoms with Crippen LogP contribution in [-0.2, 0) is 0 Å². The zero-order valence-electron chi connectivity index (χ0n) is 10.5. The Morgan fingerprint density at radius 3 is 2.79 bits per heavy atom. The van der Waals surface area contributed by atoms with Gasteiger partial charge in [-0.3, -0.25) is 0 Å². The van der Waals surface area contributed by atoms with Crippen molar-refractivity contribution in [2.24, 2.45) is 0 Å². The molecular formula is C13H13ClN2O3. The van der Waals surface area contributed by atoms with E-state index in [4.69, 9.17) is 21.1 Å². The molecule has 2 N–H and O–H groups in total. The molecule has 0 aliphatic carbocycles. The van der Waals surface area contributed by atoms with Gasteiger partial charge in [-0.25, -0.2) is 9.78 Å². The van der Waals surface area contributed by atoms with Gasteiger partial charge in [-0.2, -0.15) is 0 Å². The second kappa shape index (κ2) is 5.32. The number of carbonyl (C=O) groups is 1. The Hall–Kier alpha value is -2.01.